The Morgan fingerprint density at radius 3 is 2.76 bits per heavy atom. The van der Waals surface area contributed by atoms with Gasteiger partial charge in [0.2, 0.25) is 0 Å². The van der Waals surface area contributed by atoms with Crippen molar-refractivity contribution in [2.24, 2.45) is 10.7 Å². The topological polar surface area (TPSA) is 78.1 Å². The molecule has 0 spiro atoms. The zero-order chi connectivity index (χ0) is 17.6. The van der Waals surface area contributed by atoms with Gasteiger partial charge in [0.1, 0.15) is 5.75 Å². The van der Waals surface area contributed by atoms with E-state index >= 15 is 0 Å². The molecule has 2 aromatic rings. The number of halogens is 1. The Kier molecular flexibility index (Phi) is 5.50. The monoisotopic (exact) mass is 361 g/mol. The molecule has 0 fully saturated rings. The van der Waals surface area contributed by atoms with Crippen molar-refractivity contribution in [1.29, 1.82) is 0 Å². The number of hydrogen-bond donors (Lipinski definition) is 2. The third-order valence-electron chi connectivity index (χ3n) is 3.67. The van der Waals surface area contributed by atoms with E-state index in [0.717, 1.165) is 29.2 Å². The van der Waals surface area contributed by atoms with Crippen molar-refractivity contribution in [2.45, 2.75) is 13.0 Å². The van der Waals surface area contributed by atoms with Crippen LogP contribution in [-0.2, 0) is 6.54 Å². The first-order chi connectivity index (χ1) is 12.2. The van der Waals surface area contributed by atoms with E-state index in [1.807, 2.05) is 24.3 Å². The summed E-state index contributed by atoms with van der Waals surface area (Å²) < 4.78 is 16.4. The first-order valence-corrected chi connectivity index (χ1v) is 8.32. The molecule has 0 bridgehead atoms. The summed E-state index contributed by atoms with van der Waals surface area (Å²) in [6.45, 7) is 1.76. The zero-order valence-electron chi connectivity index (χ0n) is 13.9. The third-order valence-corrected chi connectivity index (χ3v) is 3.96. The average molecular weight is 362 g/mol. The fourth-order valence-electron chi connectivity index (χ4n) is 2.41. The number of hydrogen-bond acceptors (Lipinski definition) is 4. The van der Waals surface area contributed by atoms with E-state index in [2.05, 4.69) is 10.3 Å². The summed E-state index contributed by atoms with van der Waals surface area (Å²) >= 11 is 6.10. The summed E-state index contributed by atoms with van der Waals surface area (Å²) in [6, 6.07) is 11.1. The number of aliphatic imine (C=N–C) groups is 1. The molecule has 1 heterocycles. The van der Waals surface area contributed by atoms with Gasteiger partial charge in [-0.2, -0.15) is 0 Å². The van der Waals surface area contributed by atoms with Crippen molar-refractivity contribution in [1.82, 2.24) is 0 Å². The van der Waals surface area contributed by atoms with E-state index in [1.54, 1.807) is 19.2 Å². The summed E-state index contributed by atoms with van der Waals surface area (Å²) in [6.07, 6.45) is 0.878. The molecule has 132 valence electrons. The van der Waals surface area contributed by atoms with Crippen molar-refractivity contribution in [3.05, 3.63) is 47.0 Å². The summed E-state index contributed by atoms with van der Waals surface area (Å²) in [7, 11) is 1.57. The maximum Gasteiger partial charge on any atom is 0.193 e. The van der Waals surface area contributed by atoms with Crippen molar-refractivity contribution in [3.8, 4) is 17.2 Å². The molecule has 7 heteroatoms. The molecule has 0 aromatic heterocycles. The lowest BCUT2D eigenvalue weighted by atomic mass is 10.2. The minimum Gasteiger partial charge on any atom is -0.495 e. The number of fused-ring (bicyclic) bond motifs is 1. The molecule has 0 radical (unpaired) electrons. The molecule has 0 atom stereocenters. The molecule has 2 aromatic carbocycles. The second-order valence-corrected chi connectivity index (χ2v) is 5.91. The summed E-state index contributed by atoms with van der Waals surface area (Å²) in [4.78, 5) is 4.35. The third kappa shape index (κ3) is 4.48. The average Bonchev–Trinajstić information content (AvgIpc) is 2.85. The number of benzene rings is 2. The highest BCUT2D eigenvalue weighted by Crippen LogP contribution is 2.30. The van der Waals surface area contributed by atoms with Gasteiger partial charge in [0, 0.05) is 12.1 Å². The number of methoxy groups -OCH3 is 1. The molecule has 0 amide bonds. The van der Waals surface area contributed by atoms with Gasteiger partial charge in [0.25, 0.3) is 0 Å². The number of nitrogens with two attached hydrogens (primary N) is 1. The van der Waals surface area contributed by atoms with Gasteiger partial charge in [-0.1, -0.05) is 17.7 Å². The number of nitrogens with zero attached hydrogens (tertiary/aromatic N) is 1. The Bertz CT molecular complexity index is 780. The van der Waals surface area contributed by atoms with Crippen LogP contribution < -0.4 is 25.3 Å². The van der Waals surface area contributed by atoms with Crippen LogP contribution in [0.25, 0.3) is 0 Å². The Labute approximate surface area is 151 Å². The maximum atomic E-state index is 6.10. The lowest BCUT2D eigenvalue weighted by Gasteiger charge is -2.10. The van der Waals surface area contributed by atoms with Crippen LogP contribution in [0.5, 0.6) is 17.2 Å². The molecule has 0 saturated heterocycles. The largest absolute Gasteiger partial charge is 0.495 e. The van der Waals surface area contributed by atoms with Crippen molar-refractivity contribution < 1.29 is 14.2 Å². The molecule has 0 aliphatic carbocycles. The Morgan fingerprint density at radius 1 is 1.20 bits per heavy atom. The van der Waals surface area contributed by atoms with Crippen LogP contribution in [-0.4, -0.2) is 26.3 Å². The predicted molar refractivity (Wildman–Crippen MR) is 99.0 cm³/mol. The van der Waals surface area contributed by atoms with Gasteiger partial charge in [-0.3, -0.25) is 0 Å². The molecule has 25 heavy (non-hydrogen) atoms. The van der Waals surface area contributed by atoms with Crippen LogP contribution in [0.15, 0.2) is 41.4 Å². The molecule has 3 N–H and O–H groups in total. The first-order valence-electron chi connectivity index (χ1n) is 7.95. The standard InChI is InChI=1S/C18H20ClN3O3/c1-23-15-6-4-13(10-14(15)19)22-18(20)21-11-12-3-5-16-17(9-12)25-8-2-7-24-16/h3-6,9-10H,2,7-8,11H2,1H3,(H3,20,21,22). The molecule has 3 rings (SSSR count). The minimum atomic E-state index is 0.299. The molecule has 1 aliphatic heterocycles. The smallest absolute Gasteiger partial charge is 0.193 e. The van der Waals surface area contributed by atoms with Gasteiger partial charge in [0.05, 0.1) is 31.9 Å². The highest BCUT2D eigenvalue weighted by Gasteiger charge is 2.10. The van der Waals surface area contributed by atoms with E-state index < -0.39 is 0 Å². The number of guanidine groups is 1. The molecular weight excluding hydrogens is 342 g/mol. The highest BCUT2D eigenvalue weighted by molar-refractivity contribution is 6.32. The second-order valence-electron chi connectivity index (χ2n) is 5.51. The minimum absolute atomic E-state index is 0.299. The number of anilines is 1. The zero-order valence-corrected chi connectivity index (χ0v) is 14.7. The van der Waals surface area contributed by atoms with Crippen LogP contribution in [0.2, 0.25) is 5.02 Å². The predicted octanol–water partition coefficient (Wildman–Crippen LogP) is 3.44. The number of rotatable bonds is 4. The molecule has 0 unspecified atom stereocenters. The lowest BCUT2D eigenvalue weighted by Crippen LogP contribution is -2.22. The second kappa shape index (κ2) is 7.98. The van der Waals surface area contributed by atoms with E-state index in [9.17, 15) is 0 Å². The Balaban J connectivity index is 1.65. The fourth-order valence-corrected chi connectivity index (χ4v) is 2.67. The quantitative estimate of drug-likeness (QED) is 0.644. The summed E-state index contributed by atoms with van der Waals surface area (Å²) in [5.41, 5.74) is 7.67. The Hall–Kier alpha value is -2.60. The fraction of sp³-hybridized carbons (Fsp3) is 0.278. The molecule has 6 nitrogen and oxygen atoms in total. The van der Waals surface area contributed by atoms with E-state index in [-0.39, 0.29) is 0 Å². The van der Waals surface area contributed by atoms with Crippen LogP contribution in [0.1, 0.15) is 12.0 Å². The van der Waals surface area contributed by atoms with Gasteiger partial charge in [0.15, 0.2) is 17.5 Å². The lowest BCUT2D eigenvalue weighted by molar-refractivity contribution is 0.297. The summed E-state index contributed by atoms with van der Waals surface area (Å²) in [5, 5.41) is 3.51. The highest BCUT2D eigenvalue weighted by atomic mass is 35.5. The van der Waals surface area contributed by atoms with Gasteiger partial charge in [-0.25, -0.2) is 4.99 Å². The van der Waals surface area contributed by atoms with Crippen LogP contribution in [0.3, 0.4) is 0 Å². The Morgan fingerprint density at radius 2 is 2.00 bits per heavy atom. The van der Waals surface area contributed by atoms with Gasteiger partial charge < -0.3 is 25.3 Å². The van der Waals surface area contributed by atoms with Crippen molar-refractivity contribution >= 4 is 23.2 Å². The van der Waals surface area contributed by atoms with Crippen LogP contribution >= 0.6 is 11.6 Å². The number of ether oxygens (including phenoxy) is 3. The van der Waals surface area contributed by atoms with Gasteiger partial charge in [-0.05, 0) is 35.9 Å². The van der Waals surface area contributed by atoms with Gasteiger partial charge >= 0.3 is 0 Å². The van der Waals surface area contributed by atoms with Crippen molar-refractivity contribution in [2.75, 3.05) is 25.6 Å². The molecule has 1 aliphatic rings. The molecular formula is C18H20ClN3O3. The maximum absolute atomic E-state index is 6.10. The van der Waals surface area contributed by atoms with Gasteiger partial charge in [-0.15, -0.1) is 0 Å². The van der Waals surface area contributed by atoms with E-state index in [0.29, 0.717) is 36.5 Å². The van der Waals surface area contributed by atoms with E-state index in [1.165, 1.54) is 0 Å². The number of nitrogens with one attached hydrogen (secondary N) is 1. The van der Waals surface area contributed by atoms with Crippen LogP contribution in [0.4, 0.5) is 5.69 Å². The van der Waals surface area contributed by atoms with Crippen molar-refractivity contribution in [3.63, 3.8) is 0 Å². The molecule has 0 saturated carbocycles. The summed E-state index contributed by atoms with van der Waals surface area (Å²) in [5.74, 6) is 2.42. The first kappa shape index (κ1) is 17.2. The SMILES string of the molecule is COc1ccc(NC(N)=NCc2ccc3c(c2)OCCCO3)cc1Cl. The normalized spacial score (nSPS) is 13.9. The van der Waals surface area contributed by atoms with Crippen LogP contribution in [0, 0.1) is 0 Å². The van der Waals surface area contributed by atoms with E-state index in [4.69, 9.17) is 31.5 Å².